The molecule has 1 unspecified atom stereocenters. The molecule has 0 nitrogen and oxygen atoms in total. The minimum absolute atomic E-state index is 0. The Labute approximate surface area is 312 Å². The maximum Gasteiger partial charge on any atom is -0.0253 e. The van der Waals surface area contributed by atoms with Crippen LogP contribution in [0.5, 0.6) is 0 Å². The third-order valence-corrected chi connectivity index (χ3v) is 9.37. The van der Waals surface area contributed by atoms with E-state index in [-0.39, 0.29) is 41.4 Å². The van der Waals surface area contributed by atoms with Gasteiger partial charge in [-0.3, -0.25) is 6.08 Å². The maximum atomic E-state index is 12.7. The van der Waals surface area contributed by atoms with Gasteiger partial charge >= 0.3 is 137 Å². The summed E-state index contributed by atoms with van der Waals surface area (Å²) in [6, 6.07) is 27.3. The van der Waals surface area contributed by atoms with Gasteiger partial charge in [-0.2, -0.15) is 41.5 Å². The van der Waals surface area contributed by atoms with E-state index in [9.17, 15) is 26.3 Å². The number of benzene rings is 4. The SMILES string of the molecule is CC(C)C1[C-]=CC(C(C)(C)C)=C1.FC(F)(F)c1cccc([C](=[Zr+2])c2cccc(C(F)(F)F)c2)c1.[Cl-].[Cl-].[c-]1cccc2c1Cc1ccccc1-2. The van der Waals surface area contributed by atoms with Gasteiger partial charge in [-0.15, -0.1) is 5.56 Å². The zero-order valence-electron chi connectivity index (χ0n) is 27.7. The van der Waals surface area contributed by atoms with Crippen molar-refractivity contribution < 1.29 is 75.4 Å². The fourth-order valence-corrected chi connectivity index (χ4v) is 5.96. The Morgan fingerprint density at radius 2 is 1.27 bits per heavy atom. The molecule has 2 aliphatic carbocycles. The van der Waals surface area contributed by atoms with Crippen molar-refractivity contribution in [2.24, 2.45) is 17.3 Å². The van der Waals surface area contributed by atoms with Crippen LogP contribution in [0.4, 0.5) is 26.3 Å². The fourth-order valence-electron chi connectivity index (χ4n) is 5.19. The first kappa shape index (κ1) is 42.4. The van der Waals surface area contributed by atoms with E-state index in [1.165, 1.54) is 52.1 Å². The zero-order valence-corrected chi connectivity index (χ0v) is 31.7. The van der Waals surface area contributed by atoms with E-state index in [0.717, 1.165) is 54.9 Å². The summed E-state index contributed by atoms with van der Waals surface area (Å²) in [6.07, 6.45) is -0.0196. The van der Waals surface area contributed by atoms with E-state index in [4.69, 9.17) is 0 Å². The Kier molecular flexibility index (Phi) is 15.1. The van der Waals surface area contributed by atoms with E-state index >= 15 is 0 Å². The van der Waals surface area contributed by atoms with Gasteiger partial charge in [0.1, 0.15) is 0 Å². The van der Waals surface area contributed by atoms with E-state index < -0.39 is 23.5 Å². The molecule has 4 aromatic rings. The van der Waals surface area contributed by atoms with Gasteiger partial charge in [0.25, 0.3) is 0 Å². The van der Waals surface area contributed by atoms with Crippen LogP contribution < -0.4 is 24.8 Å². The van der Waals surface area contributed by atoms with E-state index in [0.29, 0.717) is 15.0 Å². The summed E-state index contributed by atoms with van der Waals surface area (Å²) in [5, 5.41) is 0. The molecule has 0 aromatic heterocycles. The predicted octanol–water partition coefficient (Wildman–Crippen LogP) is 5.51. The van der Waals surface area contributed by atoms with E-state index in [1.807, 2.05) is 6.07 Å². The molecule has 49 heavy (non-hydrogen) atoms. The maximum absolute atomic E-state index is 12.7. The van der Waals surface area contributed by atoms with Gasteiger partial charge in [0.05, 0.1) is 0 Å². The average Bonchev–Trinajstić information content (AvgIpc) is 3.67. The second-order valence-corrected chi connectivity index (χ2v) is 14.1. The largest absolute Gasteiger partial charge is 1.00 e. The molecule has 0 N–H and O–H groups in total. The van der Waals surface area contributed by atoms with Gasteiger partial charge in [0.2, 0.25) is 0 Å². The summed E-state index contributed by atoms with van der Waals surface area (Å²) in [4.78, 5) is 0. The van der Waals surface area contributed by atoms with Gasteiger partial charge in [0, 0.05) is 0 Å². The standard InChI is InChI=1S/C15H8F6.C13H9.C12H19.2ClH.Zr/c16-14(17,18)12-5-1-3-10(8-12)7-11-4-2-6-13(9-11)15(19,20)21;1-3-7-12-10(5-1)9-11-6-2-4-8-13(11)12;1-9(2)10-6-7-11(8-10)12(3,4)5;;;/h1-6,8-9H;1-5,7-8H,9H2;7-10H,1-5H3;2*1H;/q;2*-1;;;+2/p-2. The first-order valence-corrected chi connectivity index (χ1v) is 16.5. The average molecular weight is 793 g/mol. The Morgan fingerprint density at radius 1 is 0.735 bits per heavy atom. The molecule has 4 aromatic carbocycles. The molecule has 0 bridgehead atoms. The molecule has 1 atom stereocenters. The third-order valence-electron chi connectivity index (χ3n) is 7.95. The second-order valence-electron chi connectivity index (χ2n) is 12.9. The fraction of sp³-hybridized carbons (Fsp3) is 0.275. The molecule has 0 radical (unpaired) electrons. The predicted molar refractivity (Wildman–Crippen MR) is 173 cm³/mol. The van der Waals surface area contributed by atoms with Crippen molar-refractivity contribution in [3.05, 3.63) is 154 Å². The van der Waals surface area contributed by atoms with Crippen molar-refractivity contribution in [1.29, 1.82) is 0 Å². The van der Waals surface area contributed by atoms with Crippen molar-refractivity contribution >= 4 is 3.21 Å². The number of halogens is 8. The van der Waals surface area contributed by atoms with Crippen LogP contribution in [-0.2, 0) is 43.0 Å². The van der Waals surface area contributed by atoms with Crippen LogP contribution in [0, 0.1) is 29.4 Å². The van der Waals surface area contributed by atoms with Crippen molar-refractivity contribution in [3.63, 3.8) is 0 Å². The quantitative estimate of drug-likeness (QED) is 0.167. The summed E-state index contributed by atoms with van der Waals surface area (Å²) in [5.41, 5.74) is 6.13. The zero-order chi connectivity index (χ0) is 34.6. The molecular formula is C40H36Cl2F6Zr-2. The molecule has 0 saturated heterocycles. The number of allylic oxidation sites excluding steroid dienone is 4. The molecule has 0 heterocycles. The molecule has 0 spiro atoms. The number of hydrogen-bond donors (Lipinski definition) is 0. The van der Waals surface area contributed by atoms with Crippen molar-refractivity contribution in [2.75, 3.05) is 0 Å². The van der Waals surface area contributed by atoms with Gasteiger partial charge in [-0.1, -0.05) is 87.3 Å². The summed E-state index contributed by atoms with van der Waals surface area (Å²) in [6.45, 7) is 11.2. The smallest absolute Gasteiger partial charge is 0.0253 e. The summed E-state index contributed by atoms with van der Waals surface area (Å²) >= 11 is 0.729. The number of alkyl halides is 6. The van der Waals surface area contributed by atoms with Crippen molar-refractivity contribution in [1.82, 2.24) is 0 Å². The molecule has 0 fully saturated rings. The van der Waals surface area contributed by atoms with Gasteiger partial charge < -0.3 is 24.8 Å². The monoisotopic (exact) mass is 790 g/mol. The van der Waals surface area contributed by atoms with Crippen LogP contribution in [0.2, 0.25) is 0 Å². The van der Waals surface area contributed by atoms with Crippen LogP contribution in [-0.4, -0.2) is 3.21 Å². The van der Waals surface area contributed by atoms with Crippen LogP contribution in [0.15, 0.2) is 109 Å². The van der Waals surface area contributed by atoms with Crippen LogP contribution >= 0.6 is 0 Å². The Morgan fingerprint density at radius 3 is 1.73 bits per heavy atom. The van der Waals surface area contributed by atoms with Crippen LogP contribution in [0.3, 0.4) is 0 Å². The van der Waals surface area contributed by atoms with Gasteiger partial charge in [0.15, 0.2) is 0 Å². The van der Waals surface area contributed by atoms with Crippen LogP contribution in [0.25, 0.3) is 11.1 Å². The first-order chi connectivity index (χ1) is 21.9. The summed E-state index contributed by atoms with van der Waals surface area (Å²) in [7, 11) is 0. The molecular weight excluding hydrogens is 757 g/mol. The van der Waals surface area contributed by atoms with Gasteiger partial charge in [-0.05, 0) is 6.42 Å². The second kappa shape index (κ2) is 17.5. The Bertz CT molecular complexity index is 1680. The minimum Gasteiger partial charge on any atom is -1.00 e. The minimum atomic E-state index is -4.49. The molecule has 0 saturated carbocycles. The molecule has 258 valence electrons. The first-order valence-electron chi connectivity index (χ1n) is 15.3. The normalized spacial score (nSPS) is 14.6. The van der Waals surface area contributed by atoms with E-state index in [1.54, 1.807) is 0 Å². The molecule has 9 heteroatoms. The number of rotatable bonds is 3. The molecule has 0 aliphatic heterocycles. The third kappa shape index (κ3) is 11.4. The van der Waals surface area contributed by atoms with Gasteiger partial charge in [-0.25, -0.2) is 6.08 Å². The summed E-state index contributed by atoms with van der Waals surface area (Å²) in [5.74, 6) is 1.22. The number of fused-ring (bicyclic) bond motifs is 3. The summed E-state index contributed by atoms with van der Waals surface area (Å²) < 4.78 is 76.7. The topological polar surface area (TPSA) is 0 Å². The van der Waals surface area contributed by atoms with Crippen molar-refractivity contribution in [2.45, 2.75) is 53.4 Å². The Balaban J connectivity index is 0.000000265. The van der Waals surface area contributed by atoms with E-state index in [2.05, 4.69) is 95.3 Å². The number of hydrogen-bond acceptors (Lipinski definition) is 0. The Hall–Kier alpha value is -2.73. The molecule has 6 rings (SSSR count). The molecule has 0 amide bonds. The van der Waals surface area contributed by atoms with Crippen LogP contribution in [0.1, 0.15) is 68.0 Å². The molecule has 2 aliphatic rings. The van der Waals surface area contributed by atoms with Crippen molar-refractivity contribution in [3.8, 4) is 11.1 Å².